The summed E-state index contributed by atoms with van der Waals surface area (Å²) in [6.07, 6.45) is 5.61. The van der Waals surface area contributed by atoms with E-state index in [4.69, 9.17) is 0 Å². The third-order valence-corrected chi connectivity index (χ3v) is 4.49. The average molecular weight is 243 g/mol. The number of Topliss-reactive ketones (excluding diaryl/α,β-unsaturated/α-hetero) is 1. The highest BCUT2D eigenvalue weighted by Crippen LogP contribution is 2.32. The zero-order valence-corrected chi connectivity index (χ0v) is 11.0. The highest BCUT2D eigenvalue weighted by molar-refractivity contribution is 5.98. The van der Waals surface area contributed by atoms with E-state index in [2.05, 4.69) is 24.4 Å². The van der Waals surface area contributed by atoms with Gasteiger partial charge in [0.15, 0.2) is 5.78 Å². The van der Waals surface area contributed by atoms with Crippen LogP contribution in [0.15, 0.2) is 24.3 Å². The number of hydrogen-bond acceptors (Lipinski definition) is 2. The second kappa shape index (κ2) is 4.85. The van der Waals surface area contributed by atoms with E-state index in [0.717, 1.165) is 24.8 Å². The smallest absolute Gasteiger partial charge is 0.166 e. The molecule has 2 heteroatoms. The van der Waals surface area contributed by atoms with Crippen molar-refractivity contribution in [2.75, 3.05) is 0 Å². The molecule has 0 aromatic heterocycles. The number of piperidine rings is 1. The quantitative estimate of drug-likeness (QED) is 0.827. The molecule has 0 amide bonds. The van der Waals surface area contributed by atoms with E-state index in [-0.39, 0.29) is 5.92 Å². The number of rotatable bonds is 3. The van der Waals surface area contributed by atoms with Gasteiger partial charge in [0.05, 0.1) is 0 Å². The normalized spacial score (nSPS) is 30.4. The number of fused-ring (bicyclic) bond motifs is 2. The molecule has 3 rings (SSSR count). The molecule has 0 spiro atoms. The van der Waals surface area contributed by atoms with E-state index in [1.807, 2.05) is 12.1 Å². The van der Waals surface area contributed by atoms with Crippen molar-refractivity contribution in [3.8, 4) is 0 Å². The van der Waals surface area contributed by atoms with Gasteiger partial charge in [-0.1, -0.05) is 31.2 Å². The molecule has 2 atom stereocenters. The standard InChI is InChI=1S/C16H21NO/c1-2-11-3-5-12(6-4-11)16(18)13-9-14-7-8-15(10-13)17-14/h3-6,13-15,17H,2,7-10H2,1H3. The first-order valence-corrected chi connectivity index (χ1v) is 7.15. The minimum atomic E-state index is 0.247. The number of carbonyl (C=O) groups excluding carboxylic acids is 1. The van der Waals surface area contributed by atoms with Crippen LogP contribution in [0.2, 0.25) is 0 Å². The molecule has 0 aliphatic carbocycles. The molecule has 1 N–H and O–H groups in total. The van der Waals surface area contributed by atoms with E-state index in [1.165, 1.54) is 18.4 Å². The maximum atomic E-state index is 12.5. The van der Waals surface area contributed by atoms with E-state index in [9.17, 15) is 4.79 Å². The molecule has 1 aromatic carbocycles. The second-order valence-corrected chi connectivity index (χ2v) is 5.72. The largest absolute Gasteiger partial charge is 0.311 e. The molecule has 2 nitrogen and oxygen atoms in total. The average Bonchev–Trinajstić information content (AvgIpc) is 2.77. The third kappa shape index (κ3) is 2.22. The summed E-state index contributed by atoms with van der Waals surface area (Å²) in [6, 6.07) is 9.36. The Morgan fingerprint density at radius 3 is 2.33 bits per heavy atom. The molecule has 1 aromatic rings. The van der Waals surface area contributed by atoms with Crippen molar-refractivity contribution >= 4 is 5.78 Å². The first-order chi connectivity index (χ1) is 8.76. The number of aryl methyl sites for hydroxylation is 1. The molecule has 2 saturated heterocycles. The van der Waals surface area contributed by atoms with Crippen LogP contribution in [0.3, 0.4) is 0 Å². The molecular formula is C16H21NO. The Morgan fingerprint density at radius 1 is 1.17 bits per heavy atom. The second-order valence-electron chi connectivity index (χ2n) is 5.72. The van der Waals surface area contributed by atoms with Gasteiger partial charge in [-0.15, -0.1) is 0 Å². The van der Waals surface area contributed by atoms with Crippen molar-refractivity contribution in [2.45, 2.75) is 51.1 Å². The fraction of sp³-hybridized carbons (Fsp3) is 0.562. The summed E-state index contributed by atoms with van der Waals surface area (Å²) in [7, 11) is 0. The van der Waals surface area contributed by atoms with Crippen LogP contribution in [-0.2, 0) is 6.42 Å². The van der Waals surface area contributed by atoms with Gasteiger partial charge in [-0.25, -0.2) is 0 Å². The molecule has 0 saturated carbocycles. The number of carbonyl (C=O) groups is 1. The lowest BCUT2D eigenvalue weighted by Gasteiger charge is -2.28. The molecule has 2 aliphatic rings. The van der Waals surface area contributed by atoms with Crippen molar-refractivity contribution in [3.05, 3.63) is 35.4 Å². The summed E-state index contributed by atoms with van der Waals surface area (Å²) >= 11 is 0. The Kier molecular flexibility index (Phi) is 3.21. The number of hydrogen-bond donors (Lipinski definition) is 1. The minimum Gasteiger partial charge on any atom is -0.311 e. The van der Waals surface area contributed by atoms with Crippen molar-refractivity contribution in [1.29, 1.82) is 0 Å². The van der Waals surface area contributed by atoms with Gasteiger partial charge >= 0.3 is 0 Å². The van der Waals surface area contributed by atoms with E-state index < -0.39 is 0 Å². The van der Waals surface area contributed by atoms with Crippen molar-refractivity contribution < 1.29 is 4.79 Å². The molecule has 96 valence electrons. The van der Waals surface area contributed by atoms with Crippen LogP contribution in [0.5, 0.6) is 0 Å². The monoisotopic (exact) mass is 243 g/mol. The minimum absolute atomic E-state index is 0.247. The topological polar surface area (TPSA) is 29.1 Å². The van der Waals surface area contributed by atoms with Gasteiger partial charge < -0.3 is 5.32 Å². The molecule has 2 fully saturated rings. The molecule has 18 heavy (non-hydrogen) atoms. The Morgan fingerprint density at radius 2 is 1.78 bits per heavy atom. The van der Waals surface area contributed by atoms with Gasteiger partial charge in [-0.3, -0.25) is 4.79 Å². The molecule has 2 bridgehead atoms. The summed E-state index contributed by atoms with van der Waals surface area (Å²) in [5.41, 5.74) is 2.20. The van der Waals surface area contributed by atoms with Crippen LogP contribution >= 0.6 is 0 Å². The van der Waals surface area contributed by atoms with Crippen LogP contribution in [0.4, 0.5) is 0 Å². The van der Waals surface area contributed by atoms with E-state index in [0.29, 0.717) is 17.9 Å². The number of nitrogens with one attached hydrogen (secondary N) is 1. The SMILES string of the molecule is CCc1ccc(C(=O)C2CC3CCC(C2)N3)cc1. The molecule has 2 unspecified atom stereocenters. The molecular weight excluding hydrogens is 222 g/mol. The zero-order valence-electron chi connectivity index (χ0n) is 11.0. The number of ketones is 1. The van der Waals surface area contributed by atoms with E-state index >= 15 is 0 Å². The van der Waals surface area contributed by atoms with Crippen molar-refractivity contribution in [1.82, 2.24) is 5.32 Å². The number of benzene rings is 1. The van der Waals surface area contributed by atoms with Crippen LogP contribution < -0.4 is 5.32 Å². The van der Waals surface area contributed by atoms with Gasteiger partial charge in [0.2, 0.25) is 0 Å². The molecule has 2 heterocycles. The molecule has 0 radical (unpaired) electrons. The van der Waals surface area contributed by atoms with Crippen molar-refractivity contribution in [2.24, 2.45) is 5.92 Å². The van der Waals surface area contributed by atoms with Crippen LogP contribution in [0.25, 0.3) is 0 Å². The Balaban J connectivity index is 1.73. The van der Waals surface area contributed by atoms with Crippen molar-refractivity contribution in [3.63, 3.8) is 0 Å². The highest BCUT2D eigenvalue weighted by Gasteiger charge is 2.36. The fourth-order valence-electron chi connectivity index (χ4n) is 3.41. The van der Waals surface area contributed by atoms with Gasteiger partial charge in [0, 0.05) is 23.6 Å². The zero-order chi connectivity index (χ0) is 12.5. The summed E-state index contributed by atoms with van der Waals surface area (Å²) in [6.45, 7) is 2.14. The Labute approximate surface area is 109 Å². The maximum Gasteiger partial charge on any atom is 0.166 e. The lowest BCUT2D eigenvalue weighted by atomic mass is 9.86. The lowest BCUT2D eigenvalue weighted by Crippen LogP contribution is -2.40. The summed E-state index contributed by atoms with van der Waals surface area (Å²) in [5.74, 6) is 0.604. The highest BCUT2D eigenvalue weighted by atomic mass is 16.1. The van der Waals surface area contributed by atoms with Crippen LogP contribution in [0.1, 0.15) is 48.5 Å². The predicted octanol–water partition coefficient (Wildman–Crippen LogP) is 2.96. The maximum absolute atomic E-state index is 12.5. The van der Waals surface area contributed by atoms with Gasteiger partial charge in [-0.2, -0.15) is 0 Å². The fourth-order valence-corrected chi connectivity index (χ4v) is 3.41. The van der Waals surface area contributed by atoms with E-state index in [1.54, 1.807) is 0 Å². The summed E-state index contributed by atoms with van der Waals surface area (Å²) in [4.78, 5) is 12.5. The first kappa shape index (κ1) is 11.9. The first-order valence-electron chi connectivity index (χ1n) is 7.15. The van der Waals surface area contributed by atoms with Gasteiger partial charge in [0.25, 0.3) is 0 Å². The predicted molar refractivity (Wildman–Crippen MR) is 72.8 cm³/mol. The van der Waals surface area contributed by atoms with Gasteiger partial charge in [-0.05, 0) is 37.7 Å². The van der Waals surface area contributed by atoms with Gasteiger partial charge in [0.1, 0.15) is 0 Å². The Bertz CT molecular complexity index is 425. The Hall–Kier alpha value is -1.15. The van der Waals surface area contributed by atoms with Crippen LogP contribution in [0, 0.1) is 5.92 Å². The third-order valence-electron chi connectivity index (χ3n) is 4.49. The molecule has 2 aliphatic heterocycles. The van der Waals surface area contributed by atoms with Crippen LogP contribution in [-0.4, -0.2) is 17.9 Å². The summed E-state index contributed by atoms with van der Waals surface area (Å²) in [5, 5.41) is 3.59. The lowest BCUT2D eigenvalue weighted by molar-refractivity contribution is 0.0875. The summed E-state index contributed by atoms with van der Waals surface area (Å²) < 4.78 is 0.